The second kappa shape index (κ2) is 5.79. The van der Waals surface area contributed by atoms with Gasteiger partial charge in [-0.25, -0.2) is 9.07 Å². The maximum Gasteiger partial charge on any atom is 0.313 e. The van der Waals surface area contributed by atoms with E-state index in [1.807, 2.05) is 0 Å². The molecule has 0 fully saturated rings. The summed E-state index contributed by atoms with van der Waals surface area (Å²) in [6.07, 6.45) is 0. The third kappa shape index (κ3) is 3.08. The number of aliphatic carboxylic acids is 1. The molecule has 1 aromatic heterocycles. The highest BCUT2D eigenvalue weighted by Crippen LogP contribution is 2.24. The highest BCUT2D eigenvalue weighted by Gasteiger charge is 2.18. The summed E-state index contributed by atoms with van der Waals surface area (Å²) in [5, 5.41) is 20.0. The summed E-state index contributed by atoms with van der Waals surface area (Å²) in [7, 11) is 0. The second-order valence-electron chi connectivity index (χ2n) is 3.79. The van der Waals surface area contributed by atoms with Gasteiger partial charge in [-0.3, -0.25) is 4.79 Å². The van der Waals surface area contributed by atoms with Crippen molar-refractivity contribution in [1.29, 1.82) is 0 Å². The first-order valence-electron chi connectivity index (χ1n) is 5.46. The number of rotatable bonds is 5. The summed E-state index contributed by atoms with van der Waals surface area (Å²) in [6.45, 7) is 1.75. The molecule has 1 aromatic carbocycles. The Morgan fingerprint density at radius 3 is 2.95 bits per heavy atom. The van der Waals surface area contributed by atoms with Crippen LogP contribution in [0.5, 0.6) is 0 Å². The number of hydrogen-bond donors (Lipinski definition) is 1. The zero-order valence-electron chi connectivity index (χ0n) is 10.0. The molecule has 8 heteroatoms. The Morgan fingerprint density at radius 1 is 1.53 bits per heavy atom. The lowest BCUT2D eigenvalue weighted by Gasteiger charge is -2.13. The van der Waals surface area contributed by atoms with Gasteiger partial charge in [-0.2, -0.15) is 0 Å². The van der Waals surface area contributed by atoms with Crippen molar-refractivity contribution in [3.8, 4) is 0 Å². The van der Waals surface area contributed by atoms with Crippen LogP contribution < -0.4 is 0 Å². The molecule has 2 aromatic rings. The number of tetrazole rings is 1. The zero-order valence-corrected chi connectivity index (χ0v) is 10.8. The zero-order chi connectivity index (χ0) is 13.8. The van der Waals surface area contributed by atoms with Gasteiger partial charge in [0.25, 0.3) is 0 Å². The van der Waals surface area contributed by atoms with E-state index in [0.717, 1.165) is 11.8 Å². The van der Waals surface area contributed by atoms with Gasteiger partial charge in [0.2, 0.25) is 5.16 Å². The number of benzene rings is 1. The number of carboxylic acid groups (broad SMARTS) is 1. The molecule has 0 radical (unpaired) electrons. The van der Waals surface area contributed by atoms with E-state index in [1.165, 1.54) is 10.7 Å². The van der Waals surface area contributed by atoms with Gasteiger partial charge in [0.15, 0.2) is 0 Å². The lowest BCUT2D eigenvalue weighted by molar-refractivity contribution is -0.133. The number of carboxylic acids is 1. The van der Waals surface area contributed by atoms with Gasteiger partial charge in [0.1, 0.15) is 5.82 Å². The molecule has 0 bridgehead atoms. The Morgan fingerprint density at radius 2 is 2.26 bits per heavy atom. The number of carbonyl (C=O) groups is 1. The first-order chi connectivity index (χ1) is 9.09. The van der Waals surface area contributed by atoms with Crippen LogP contribution in [0.15, 0.2) is 29.4 Å². The highest BCUT2D eigenvalue weighted by atomic mass is 32.2. The van der Waals surface area contributed by atoms with Gasteiger partial charge in [-0.05, 0) is 23.4 Å². The van der Waals surface area contributed by atoms with Gasteiger partial charge in [-0.15, -0.1) is 5.10 Å². The fourth-order valence-electron chi connectivity index (χ4n) is 1.60. The van der Waals surface area contributed by atoms with Crippen LogP contribution in [0, 0.1) is 5.82 Å². The van der Waals surface area contributed by atoms with Crippen molar-refractivity contribution >= 4 is 17.7 Å². The molecule has 1 N–H and O–H groups in total. The minimum Gasteiger partial charge on any atom is -0.481 e. The summed E-state index contributed by atoms with van der Waals surface area (Å²) in [5.41, 5.74) is 0.451. The van der Waals surface area contributed by atoms with Gasteiger partial charge in [-0.1, -0.05) is 30.0 Å². The van der Waals surface area contributed by atoms with E-state index < -0.39 is 12.0 Å². The summed E-state index contributed by atoms with van der Waals surface area (Å²) in [6, 6.07) is 5.93. The molecule has 1 heterocycles. The Hall–Kier alpha value is -1.96. The highest BCUT2D eigenvalue weighted by molar-refractivity contribution is 7.99. The summed E-state index contributed by atoms with van der Waals surface area (Å²) < 4.78 is 15.1. The molecule has 2 rings (SSSR count). The number of nitrogens with zero attached hydrogens (tertiary/aromatic N) is 4. The van der Waals surface area contributed by atoms with E-state index in [2.05, 4.69) is 15.5 Å². The molecule has 6 nitrogen and oxygen atoms in total. The van der Waals surface area contributed by atoms with Crippen LogP contribution >= 0.6 is 11.8 Å². The van der Waals surface area contributed by atoms with Gasteiger partial charge in [0, 0.05) is 5.56 Å². The van der Waals surface area contributed by atoms with Crippen molar-refractivity contribution in [2.45, 2.75) is 18.1 Å². The van der Waals surface area contributed by atoms with Gasteiger partial charge >= 0.3 is 5.97 Å². The lowest BCUT2D eigenvalue weighted by atomic mass is 10.1. The molecule has 0 aliphatic carbocycles. The molecule has 0 amide bonds. The standard InChI is InChI=1S/C11H11FN4O2S/c1-7(8-4-2-3-5-9(8)12)16-11(13-14-15-16)19-6-10(17)18/h2-5,7H,6H2,1H3,(H,17,18). The smallest absolute Gasteiger partial charge is 0.313 e. The summed E-state index contributed by atoms with van der Waals surface area (Å²) >= 11 is 0.996. The van der Waals surface area contributed by atoms with Crippen LogP contribution in [-0.2, 0) is 4.79 Å². The summed E-state index contributed by atoms with van der Waals surface area (Å²) in [4.78, 5) is 10.5. The molecule has 100 valence electrons. The van der Waals surface area contributed by atoms with Crippen LogP contribution in [0.2, 0.25) is 0 Å². The van der Waals surface area contributed by atoms with Crippen molar-refractivity contribution in [2.75, 3.05) is 5.75 Å². The van der Waals surface area contributed by atoms with Crippen molar-refractivity contribution in [3.05, 3.63) is 35.6 Å². The molecule has 1 unspecified atom stereocenters. The molecule has 0 saturated heterocycles. The van der Waals surface area contributed by atoms with Crippen LogP contribution in [0.1, 0.15) is 18.5 Å². The van der Waals surface area contributed by atoms with Crippen LogP contribution in [0.3, 0.4) is 0 Å². The Kier molecular flexibility index (Phi) is 4.10. The third-order valence-corrected chi connectivity index (χ3v) is 3.43. The Bertz CT molecular complexity index is 590. The largest absolute Gasteiger partial charge is 0.481 e. The average molecular weight is 282 g/mol. The SMILES string of the molecule is CC(c1ccccc1F)n1nnnc1SCC(=O)O. The van der Waals surface area contributed by atoms with Crippen molar-refractivity contribution < 1.29 is 14.3 Å². The average Bonchev–Trinajstić information content (AvgIpc) is 2.84. The number of thioether (sulfide) groups is 1. The number of hydrogen-bond acceptors (Lipinski definition) is 5. The van der Waals surface area contributed by atoms with Gasteiger partial charge in [0.05, 0.1) is 11.8 Å². The van der Waals surface area contributed by atoms with E-state index in [0.29, 0.717) is 10.7 Å². The molecular formula is C11H11FN4O2S. The Labute approximate surface area is 112 Å². The van der Waals surface area contributed by atoms with E-state index >= 15 is 0 Å². The summed E-state index contributed by atoms with van der Waals surface area (Å²) in [5.74, 6) is -1.46. The predicted octanol–water partition coefficient (Wildman–Crippen LogP) is 1.60. The lowest BCUT2D eigenvalue weighted by Crippen LogP contribution is -2.12. The fraction of sp³-hybridized carbons (Fsp3) is 0.273. The van der Waals surface area contributed by atoms with E-state index in [9.17, 15) is 9.18 Å². The first-order valence-corrected chi connectivity index (χ1v) is 6.45. The molecule has 0 saturated carbocycles. The predicted molar refractivity (Wildman–Crippen MR) is 66.4 cm³/mol. The van der Waals surface area contributed by atoms with Crippen LogP contribution in [0.4, 0.5) is 4.39 Å². The first kappa shape index (κ1) is 13.5. The van der Waals surface area contributed by atoms with E-state index in [4.69, 9.17) is 5.11 Å². The van der Waals surface area contributed by atoms with E-state index in [-0.39, 0.29) is 11.6 Å². The molecular weight excluding hydrogens is 271 g/mol. The van der Waals surface area contributed by atoms with Crippen LogP contribution in [0.25, 0.3) is 0 Å². The van der Waals surface area contributed by atoms with Crippen molar-refractivity contribution in [2.24, 2.45) is 0 Å². The maximum absolute atomic E-state index is 13.7. The maximum atomic E-state index is 13.7. The quantitative estimate of drug-likeness (QED) is 0.839. The van der Waals surface area contributed by atoms with Crippen molar-refractivity contribution in [1.82, 2.24) is 20.2 Å². The normalized spacial score (nSPS) is 12.3. The molecule has 1 atom stereocenters. The monoisotopic (exact) mass is 282 g/mol. The molecule has 0 aliphatic rings. The topological polar surface area (TPSA) is 80.9 Å². The minimum absolute atomic E-state index is 0.148. The van der Waals surface area contributed by atoms with Crippen molar-refractivity contribution in [3.63, 3.8) is 0 Å². The fourth-order valence-corrected chi connectivity index (χ4v) is 2.27. The van der Waals surface area contributed by atoms with E-state index in [1.54, 1.807) is 25.1 Å². The molecule has 19 heavy (non-hydrogen) atoms. The number of halogens is 1. The molecule has 0 spiro atoms. The minimum atomic E-state index is -0.960. The number of aromatic nitrogens is 4. The van der Waals surface area contributed by atoms with Gasteiger partial charge < -0.3 is 5.11 Å². The molecule has 0 aliphatic heterocycles. The third-order valence-electron chi connectivity index (χ3n) is 2.51. The second-order valence-corrected chi connectivity index (χ2v) is 4.73. The van der Waals surface area contributed by atoms with Crippen LogP contribution in [-0.4, -0.2) is 37.0 Å². The Balaban J connectivity index is 2.25.